The van der Waals surface area contributed by atoms with E-state index in [9.17, 15) is 23.1 Å². The van der Waals surface area contributed by atoms with Gasteiger partial charge in [0, 0.05) is 34.0 Å². The van der Waals surface area contributed by atoms with E-state index >= 15 is 0 Å². The van der Waals surface area contributed by atoms with Crippen molar-refractivity contribution in [2.45, 2.75) is 45.1 Å². The molecule has 10 heteroatoms. The largest absolute Gasteiger partial charge is 0.494 e. The van der Waals surface area contributed by atoms with Gasteiger partial charge in [-0.05, 0) is 61.0 Å². The Morgan fingerprint density at radius 3 is 2.54 bits per heavy atom. The number of alkyl halides is 2. The number of aliphatic hydroxyl groups is 1. The van der Waals surface area contributed by atoms with Crippen LogP contribution in [0.3, 0.4) is 0 Å². The molecule has 1 aliphatic rings. The number of aromatic nitrogens is 2. The molecule has 0 saturated heterocycles. The molecule has 1 atom stereocenters. The average Bonchev–Trinajstić information content (AvgIpc) is 3.26. The number of ether oxygens (including phenoxy) is 2. The topological polar surface area (TPSA) is 93.6 Å². The van der Waals surface area contributed by atoms with Crippen LogP contribution >= 0.6 is 0 Å². The van der Waals surface area contributed by atoms with Crippen LogP contribution in [0, 0.1) is 12.7 Å². The molecule has 2 aromatic heterocycles. The number of benzene rings is 2. The highest BCUT2D eigenvalue weighted by Gasteiger charge is 2.37. The quantitative estimate of drug-likeness (QED) is 0.285. The highest BCUT2D eigenvalue weighted by Crippen LogP contribution is 2.45. The molecule has 41 heavy (non-hydrogen) atoms. The van der Waals surface area contributed by atoms with Gasteiger partial charge >= 0.3 is 0 Å². The van der Waals surface area contributed by atoms with Gasteiger partial charge in [-0.15, -0.1) is 0 Å². The second kappa shape index (κ2) is 11.0. The van der Waals surface area contributed by atoms with E-state index in [1.807, 2.05) is 13.8 Å². The van der Waals surface area contributed by atoms with E-state index in [0.29, 0.717) is 46.0 Å². The van der Waals surface area contributed by atoms with Crippen LogP contribution in [0.5, 0.6) is 11.5 Å². The zero-order valence-corrected chi connectivity index (χ0v) is 23.1. The van der Waals surface area contributed by atoms with Crippen LogP contribution in [0.2, 0.25) is 0 Å². The first kappa shape index (κ1) is 28.4. The van der Waals surface area contributed by atoms with Gasteiger partial charge in [0.2, 0.25) is 6.43 Å². The van der Waals surface area contributed by atoms with Crippen LogP contribution in [0.15, 0.2) is 48.5 Å². The molecule has 0 saturated carbocycles. The fourth-order valence-corrected chi connectivity index (χ4v) is 5.00. The van der Waals surface area contributed by atoms with Crippen molar-refractivity contribution in [3.05, 3.63) is 82.4 Å². The predicted octanol–water partition coefficient (Wildman–Crippen LogP) is 5.69. The molecule has 0 bridgehead atoms. The first-order valence-electron chi connectivity index (χ1n) is 13.1. The lowest BCUT2D eigenvalue weighted by atomic mass is 9.85. The van der Waals surface area contributed by atoms with Gasteiger partial charge in [-0.25, -0.2) is 23.1 Å². The molecule has 4 aromatic rings. The molecule has 2 N–H and O–H groups in total. The zero-order valence-electron chi connectivity index (χ0n) is 23.1. The molecule has 1 amide bonds. The summed E-state index contributed by atoms with van der Waals surface area (Å²) in [4.78, 5) is 22.2. The van der Waals surface area contributed by atoms with Crippen molar-refractivity contribution < 1.29 is 32.5 Å². The van der Waals surface area contributed by atoms with Gasteiger partial charge in [0.1, 0.15) is 28.5 Å². The fraction of sp³-hybridized carbons (Fsp3) is 0.323. The summed E-state index contributed by atoms with van der Waals surface area (Å²) in [6.45, 7) is 5.40. The van der Waals surface area contributed by atoms with Crippen molar-refractivity contribution in [2.24, 2.45) is 0 Å². The Balaban J connectivity index is 1.48. The van der Waals surface area contributed by atoms with Crippen molar-refractivity contribution in [3.8, 4) is 22.8 Å². The number of fused-ring (bicyclic) bond motifs is 2. The Labute approximate surface area is 235 Å². The number of nitrogens with one attached hydrogen (secondary N) is 1. The summed E-state index contributed by atoms with van der Waals surface area (Å²) in [5.41, 5.74) is 3.18. The molecule has 0 fully saturated rings. The summed E-state index contributed by atoms with van der Waals surface area (Å²) in [5, 5.41) is 12.8. The lowest BCUT2D eigenvalue weighted by Crippen LogP contribution is -2.32. The second-order valence-electron chi connectivity index (χ2n) is 10.8. The average molecular weight is 566 g/mol. The normalized spacial score (nSPS) is 14.6. The first-order chi connectivity index (χ1) is 19.5. The molecule has 1 aliphatic heterocycles. The molecule has 0 aliphatic carbocycles. The number of pyridine rings is 2. The van der Waals surface area contributed by atoms with Crippen molar-refractivity contribution in [1.29, 1.82) is 0 Å². The number of hydrogen-bond donors (Lipinski definition) is 2. The molecule has 214 valence electrons. The summed E-state index contributed by atoms with van der Waals surface area (Å²) < 4.78 is 53.9. The van der Waals surface area contributed by atoms with E-state index in [4.69, 9.17) is 9.47 Å². The van der Waals surface area contributed by atoms with Crippen LogP contribution in [-0.2, 0) is 12.0 Å². The van der Waals surface area contributed by atoms with Crippen molar-refractivity contribution >= 4 is 16.8 Å². The van der Waals surface area contributed by atoms with Gasteiger partial charge in [-0.2, -0.15) is 0 Å². The third kappa shape index (κ3) is 5.44. The minimum absolute atomic E-state index is 0.101. The summed E-state index contributed by atoms with van der Waals surface area (Å²) in [5.74, 6) is -1.61. The number of carbonyl (C=O) groups excluding carboxylic acids is 1. The number of aryl methyl sites for hydroxylation is 1. The van der Waals surface area contributed by atoms with Crippen molar-refractivity contribution in [2.75, 3.05) is 20.3 Å². The van der Waals surface area contributed by atoms with Gasteiger partial charge in [0.25, 0.3) is 5.91 Å². The Hall–Kier alpha value is -4.18. The molecule has 0 radical (unpaired) electrons. The fourth-order valence-electron chi connectivity index (χ4n) is 5.00. The number of nitrogens with zero attached hydrogens (tertiary/aromatic N) is 2. The van der Waals surface area contributed by atoms with E-state index in [-0.39, 0.29) is 24.4 Å². The van der Waals surface area contributed by atoms with Crippen LogP contribution in [-0.4, -0.2) is 47.7 Å². The van der Waals surface area contributed by atoms with Crippen LogP contribution in [0.1, 0.15) is 52.6 Å². The number of halogens is 3. The molecular formula is C31H30F3N3O4. The van der Waals surface area contributed by atoms with E-state index in [1.54, 1.807) is 25.1 Å². The number of methoxy groups -OCH3 is 1. The Morgan fingerprint density at radius 1 is 1.15 bits per heavy atom. The summed E-state index contributed by atoms with van der Waals surface area (Å²) >= 11 is 0. The maximum atomic E-state index is 14.5. The minimum Gasteiger partial charge on any atom is -0.494 e. The van der Waals surface area contributed by atoms with Gasteiger partial charge in [-0.3, -0.25) is 4.79 Å². The highest BCUT2D eigenvalue weighted by atomic mass is 19.3. The molecule has 0 spiro atoms. The molecule has 1 unspecified atom stereocenters. The number of hydrogen-bond acceptors (Lipinski definition) is 6. The third-order valence-electron chi connectivity index (χ3n) is 7.39. The Bertz CT molecular complexity index is 1620. The standard InChI is InChI=1S/C31H30F3N3O4/c1-16-9-18-10-19(11-25(40-4)26(18)37-24(16)14-38)30(39)35-13-21(29(33)34)23-12-22-28(41-15-31(22,2)3)27(36-23)17-5-7-20(32)8-6-17/h5-12,21,29,38H,13-15H2,1-4H3,(H,35,39). The maximum absolute atomic E-state index is 14.5. The van der Waals surface area contributed by atoms with Crippen LogP contribution < -0.4 is 14.8 Å². The molecule has 2 aromatic carbocycles. The Morgan fingerprint density at radius 2 is 1.88 bits per heavy atom. The van der Waals surface area contributed by atoms with E-state index in [2.05, 4.69) is 15.3 Å². The van der Waals surface area contributed by atoms with Gasteiger partial charge in [0.15, 0.2) is 0 Å². The molecule has 5 rings (SSSR count). The molecule has 3 heterocycles. The number of rotatable bonds is 8. The van der Waals surface area contributed by atoms with E-state index in [1.165, 1.54) is 37.4 Å². The summed E-state index contributed by atoms with van der Waals surface area (Å²) in [6.07, 6.45) is -2.83. The Kier molecular flexibility index (Phi) is 7.61. The second-order valence-corrected chi connectivity index (χ2v) is 10.8. The lowest BCUT2D eigenvalue weighted by molar-refractivity contribution is 0.0898. The van der Waals surface area contributed by atoms with Crippen molar-refractivity contribution in [1.82, 2.24) is 15.3 Å². The van der Waals surface area contributed by atoms with Crippen LogP contribution in [0.4, 0.5) is 13.2 Å². The van der Waals surface area contributed by atoms with Crippen molar-refractivity contribution in [3.63, 3.8) is 0 Å². The van der Waals surface area contributed by atoms with Gasteiger partial charge in [0.05, 0.1) is 37.6 Å². The zero-order chi connectivity index (χ0) is 29.5. The monoisotopic (exact) mass is 565 g/mol. The number of aliphatic hydroxyl groups excluding tert-OH is 1. The first-order valence-corrected chi connectivity index (χ1v) is 13.1. The van der Waals surface area contributed by atoms with E-state index < -0.39 is 29.5 Å². The molecular weight excluding hydrogens is 535 g/mol. The summed E-state index contributed by atoms with van der Waals surface area (Å²) in [6, 6.07) is 12.1. The number of amides is 1. The van der Waals surface area contributed by atoms with Gasteiger partial charge < -0.3 is 19.9 Å². The SMILES string of the molecule is COc1cc(C(=O)NCC(c2cc3c(c(-c4ccc(F)cc4)n2)OCC3(C)C)C(F)F)cc2cc(C)c(CO)nc12. The summed E-state index contributed by atoms with van der Waals surface area (Å²) in [7, 11) is 1.44. The molecule has 7 nitrogen and oxygen atoms in total. The van der Waals surface area contributed by atoms with Gasteiger partial charge in [-0.1, -0.05) is 13.8 Å². The third-order valence-corrected chi connectivity index (χ3v) is 7.39. The minimum atomic E-state index is -2.83. The maximum Gasteiger partial charge on any atom is 0.251 e. The van der Waals surface area contributed by atoms with Crippen LogP contribution in [0.25, 0.3) is 22.2 Å². The van der Waals surface area contributed by atoms with E-state index in [0.717, 1.165) is 11.1 Å². The highest BCUT2D eigenvalue weighted by molar-refractivity contribution is 6.00. The smallest absolute Gasteiger partial charge is 0.251 e. The number of carbonyl (C=O) groups is 1. The lowest BCUT2D eigenvalue weighted by Gasteiger charge is -2.21. The predicted molar refractivity (Wildman–Crippen MR) is 148 cm³/mol.